The molecular formula is C11H16BrNO2S. The van der Waals surface area contributed by atoms with E-state index in [0.29, 0.717) is 6.42 Å². The van der Waals surface area contributed by atoms with Crippen molar-refractivity contribution < 1.29 is 8.42 Å². The average molecular weight is 306 g/mol. The van der Waals surface area contributed by atoms with Crippen LogP contribution in [0.4, 0.5) is 0 Å². The molecule has 0 aromatic heterocycles. The quantitative estimate of drug-likeness (QED) is 0.909. The van der Waals surface area contributed by atoms with Crippen molar-refractivity contribution in [3.63, 3.8) is 0 Å². The molecule has 1 aromatic carbocycles. The Bertz CT molecular complexity index is 445. The van der Waals surface area contributed by atoms with Gasteiger partial charge in [-0.3, -0.25) is 0 Å². The molecule has 0 radical (unpaired) electrons. The SMILES string of the molecule is CCCS(=O)(=O)N[C@@H](C)c1ccccc1Br. The van der Waals surface area contributed by atoms with Crippen molar-refractivity contribution in [1.29, 1.82) is 0 Å². The molecule has 0 aliphatic carbocycles. The van der Waals surface area contributed by atoms with E-state index in [9.17, 15) is 8.42 Å². The summed E-state index contributed by atoms with van der Waals surface area (Å²) in [6, 6.07) is 7.39. The Kier molecular flexibility index (Phi) is 4.95. The van der Waals surface area contributed by atoms with Gasteiger partial charge in [-0.1, -0.05) is 41.1 Å². The van der Waals surface area contributed by atoms with Gasteiger partial charge in [0, 0.05) is 10.5 Å². The van der Waals surface area contributed by atoms with E-state index in [1.807, 2.05) is 38.1 Å². The second kappa shape index (κ2) is 5.80. The van der Waals surface area contributed by atoms with Crippen molar-refractivity contribution in [2.75, 3.05) is 5.75 Å². The van der Waals surface area contributed by atoms with Gasteiger partial charge in [0.15, 0.2) is 0 Å². The third-order valence-electron chi connectivity index (χ3n) is 2.20. The van der Waals surface area contributed by atoms with E-state index in [2.05, 4.69) is 20.7 Å². The molecule has 0 fully saturated rings. The van der Waals surface area contributed by atoms with E-state index >= 15 is 0 Å². The first-order valence-electron chi connectivity index (χ1n) is 5.20. The highest BCUT2D eigenvalue weighted by Gasteiger charge is 2.16. The van der Waals surface area contributed by atoms with Crippen molar-refractivity contribution >= 4 is 26.0 Å². The smallest absolute Gasteiger partial charge is 0.212 e. The number of hydrogen-bond acceptors (Lipinski definition) is 2. The minimum atomic E-state index is -3.17. The molecule has 0 spiro atoms. The summed E-state index contributed by atoms with van der Waals surface area (Å²) in [6.07, 6.45) is 0.623. The van der Waals surface area contributed by atoms with Crippen LogP contribution in [-0.4, -0.2) is 14.2 Å². The highest BCUT2D eigenvalue weighted by atomic mass is 79.9. The molecule has 1 aromatic rings. The molecule has 0 bridgehead atoms. The monoisotopic (exact) mass is 305 g/mol. The number of benzene rings is 1. The van der Waals surface area contributed by atoms with Crippen molar-refractivity contribution in [1.82, 2.24) is 4.72 Å². The second-order valence-electron chi connectivity index (χ2n) is 3.68. The fraction of sp³-hybridized carbons (Fsp3) is 0.455. The van der Waals surface area contributed by atoms with Crippen LogP contribution in [0.2, 0.25) is 0 Å². The summed E-state index contributed by atoms with van der Waals surface area (Å²) in [5, 5.41) is 0. The Balaban J connectivity index is 2.81. The van der Waals surface area contributed by atoms with Gasteiger partial charge in [0.25, 0.3) is 0 Å². The first-order chi connectivity index (χ1) is 7.46. The zero-order valence-electron chi connectivity index (χ0n) is 9.40. The molecule has 3 nitrogen and oxygen atoms in total. The fourth-order valence-electron chi connectivity index (χ4n) is 1.49. The highest BCUT2D eigenvalue weighted by molar-refractivity contribution is 9.10. The van der Waals surface area contributed by atoms with Gasteiger partial charge in [-0.05, 0) is 25.0 Å². The zero-order chi connectivity index (χ0) is 12.2. The van der Waals surface area contributed by atoms with E-state index in [1.165, 1.54) is 0 Å². The molecule has 0 aliphatic heterocycles. The maximum Gasteiger partial charge on any atom is 0.212 e. The van der Waals surface area contributed by atoms with Crippen molar-refractivity contribution in [3.8, 4) is 0 Å². The predicted molar refractivity (Wildman–Crippen MR) is 69.8 cm³/mol. The van der Waals surface area contributed by atoms with Crippen molar-refractivity contribution in [2.45, 2.75) is 26.3 Å². The minimum absolute atomic E-state index is 0.168. The number of nitrogens with one attached hydrogen (secondary N) is 1. The van der Waals surface area contributed by atoms with Gasteiger partial charge in [0.1, 0.15) is 0 Å². The molecule has 0 heterocycles. The Hall–Kier alpha value is -0.390. The lowest BCUT2D eigenvalue weighted by Crippen LogP contribution is -2.29. The van der Waals surface area contributed by atoms with Crippen molar-refractivity contribution in [2.24, 2.45) is 0 Å². The second-order valence-corrected chi connectivity index (χ2v) is 6.41. The van der Waals surface area contributed by atoms with Gasteiger partial charge >= 0.3 is 0 Å². The molecular weight excluding hydrogens is 290 g/mol. The van der Waals surface area contributed by atoms with Crippen molar-refractivity contribution in [3.05, 3.63) is 34.3 Å². The lowest BCUT2D eigenvalue weighted by atomic mass is 10.1. The van der Waals surface area contributed by atoms with Crippen LogP contribution < -0.4 is 4.72 Å². The van der Waals surface area contributed by atoms with Crippen LogP contribution in [0.5, 0.6) is 0 Å². The van der Waals surface area contributed by atoms with Gasteiger partial charge < -0.3 is 0 Å². The van der Waals surface area contributed by atoms with Gasteiger partial charge in [0.2, 0.25) is 10.0 Å². The first kappa shape index (κ1) is 13.7. The highest BCUT2D eigenvalue weighted by Crippen LogP contribution is 2.23. The normalized spacial score (nSPS) is 13.7. The minimum Gasteiger partial charge on any atom is -0.212 e. The summed E-state index contributed by atoms with van der Waals surface area (Å²) >= 11 is 3.41. The van der Waals surface area contributed by atoms with E-state index in [-0.39, 0.29) is 11.8 Å². The number of hydrogen-bond donors (Lipinski definition) is 1. The molecule has 0 amide bonds. The topological polar surface area (TPSA) is 46.2 Å². The van der Waals surface area contributed by atoms with Crippen LogP contribution in [0.1, 0.15) is 31.9 Å². The van der Waals surface area contributed by atoms with E-state index < -0.39 is 10.0 Å². The van der Waals surface area contributed by atoms with E-state index in [4.69, 9.17) is 0 Å². The van der Waals surface area contributed by atoms with Crippen LogP contribution in [0.25, 0.3) is 0 Å². The molecule has 0 aliphatic rings. The molecule has 1 N–H and O–H groups in total. The summed E-state index contributed by atoms with van der Waals surface area (Å²) in [5.74, 6) is 0.168. The third-order valence-corrected chi connectivity index (χ3v) is 4.58. The standard InChI is InChI=1S/C11H16BrNO2S/c1-3-8-16(14,15)13-9(2)10-6-4-5-7-11(10)12/h4-7,9,13H,3,8H2,1-2H3/t9-/m0/s1. The van der Waals surface area contributed by atoms with E-state index in [1.54, 1.807) is 0 Å². The van der Waals surface area contributed by atoms with Gasteiger partial charge in [0.05, 0.1) is 5.75 Å². The maximum atomic E-state index is 11.6. The zero-order valence-corrected chi connectivity index (χ0v) is 11.8. The average Bonchev–Trinajstić information content (AvgIpc) is 2.17. The van der Waals surface area contributed by atoms with Crippen LogP contribution in [0.3, 0.4) is 0 Å². The lowest BCUT2D eigenvalue weighted by Gasteiger charge is -2.15. The molecule has 5 heteroatoms. The Morgan fingerprint density at radius 2 is 2.00 bits per heavy atom. The van der Waals surface area contributed by atoms with Crippen LogP contribution in [-0.2, 0) is 10.0 Å². The summed E-state index contributed by atoms with van der Waals surface area (Å²) < 4.78 is 26.8. The summed E-state index contributed by atoms with van der Waals surface area (Å²) in [6.45, 7) is 3.69. The van der Waals surface area contributed by atoms with E-state index in [0.717, 1.165) is 10.0 Å². The summed E-state index contributed by atoms with van der Waals surface area (Å²) in [5.41, 5.74) is 0.946. The molecule has 1 rings (SSSR count). The van der Waals surface area contributed by atoms with Crippen LogP contribution in [0, 0.1) is 0 Å². The predicted octanol–water partition coefficient (Wildman–Crippen LogP) is 2.84. The van der Waals surface area contributed by atoms with Gasteiger partial charge in [-0.2, -0.15) is 0 Å². The molecule has 1 atom stereocenters. The fourth-order valence-corrected chi connectivity index (χ4v) is 3.44. The summed E-state index contributed by atoms with van der Waals surface area (Å²) in [4.78, 5) is 0. The van der Waals surface area contributed by atoms with Gasteiger partial charge in [-0.25, -0.2) is 13.1 Å². The largest absolute Gasteiger partial charge is 0.212 e. The number of sulfonamides is 1. The molecule has 90 valence electrons. The maximum absolute atomic E-state index is 11.6. The number of rotatable bonds is 5. The Labute approximate surface area is 105 Å². The van der Waals surface area contributed by atoms with Gasteiger partial charge in [-0.15, -0.1) is 0 Å². The first-order valence-corrected chi connectivity index (χ1v) is 7.65. The summed E-state index contributed by atoms with van der Waals surface area (Å²) in [7, 11) is -3.17. The Morgan fingerprint density at radius 3 is 2.56 bits per heavy atom. The molecule has 0 saturated carbocycles. The molecule has 16 heavy (non-hydrogen) atoms. The lowest BCUT2D eigenvalue weighted by molar-refractivity contribution is 0.565. The molecule has 0 saturated heterocycles. The third kappa shape index (κ3) is 3.88. The molecule has 0 unspecified atom stereocenters. The van der Waals surface area contributed by atoms with Crippen LogP contribution in [0.15, 0.2) is 28.7 Å². The Morgan fingerprint density at radius 1 is 1.38 bits per heavy atom. The van der Waals surface area contributed by atoms with Crippen LogP contribution >= 0.6 is 15.9 Å². The number of halogens is 1.